The monoisotopic (exact) mass is 299 g/mol. The minimum atomic E-state index is -0.275. The number of nitrogens with one attached hydrogen (secondary N) is 1. The minimum absolute atomic E-state index is 0.275. The van der Waals surface area contributed by atoms with Crippen LogP contribution in [0.3, 0.4) is 0 Å². The number of halogens is 2. The van der Waals surface area contributed by atoms with Crippen LogP contribution in [0, 0.1) is 11.7 Å². The van der Waals surface area contributed by atoms with Crippen LogP contribution in [0.1, 0.15) is 31.7 Å². The van der Waals surface area contributed by atoms with Crippen LogP contribution < -0.4 is 5.32 Å². The lowest BCUT2D eigenvalue weighted by molar-refractivity contribution is 0.0538. The molecular formula is C16H23ClFNO. The molecule has 0 bridgehead atoms. The quantitative estimate of drug-likeness (QED) is 0.862. The van der Waals surface area contributed by atoms with Crippen LogP contribution in [0.25, 0.3) is 0 Å². The van der Waals surface area contributed by atoms with Crippen molar-refractivity contribution in [3.8, 4) is 0 Å². The van der Waals surface area contributed by atoms with E-state index in [9.17, 15) is 4.39 Å². The lowest BCUT2D eigenvalue weighted by atomic mass is 9.87. The van der Waals surface area contributed by atoms with Gasteiger partial charge in [0, 0.05) is 24.3 Å². The zero-order valence-corrected chi connectivity index (χ0v) is 12.8. The van der Waals surface area contributed by atoms with E-state index in [1.165, 1.54) is 12.1 Å². The van der Waals surface area contributed by atoms with Gasteiger partial charge >= 0.3 is 0 Å². The summed E-state index contributed by atoms with van der Waals surface area (Å²) in [6.07, 6.45) is 4.13. The molecule has 1 aliphatic heterocycles. The molecule has 1 aliphatic rings. The smallest absolute Gasteiger partial charge is 0.124 e. The molecule has 1 aromatic rings. The zero-order valence-electron chi connectivity index (χ0n) is 12.0. The fraction of sp³-hybridized carbons (Fsp3) is 0.625. The first kappa shape index (κ1) is 15.7. The van der Waals surface area contributed by atoms with E-state index in [4.69, 9.17) is 16.3 Å². The van der Waals surface area contributed by atoms with Gasteiger partial charge < -0.3 is 10.1 Å². The molecule has 0 aliphatic carbocycles. The van der Waals surface area contributed by atoms with Gasteiger partial charge in [-0.2, -0.15) is 0 Å². The van der Waals surface area contributed by atoms with E-state index in [1.54, 1.807) is 6.07 Å². The van der Waals surface area contributed by atoms with Crippen molar-refractivity contribution in [1.82, 2.24) is 5.32 Å². The Hall–Kier alpha value is -0.640. The number of ether oxygens (including phenoxy) is 1. The number of hydrogen-bond donors (Lipinski definition) is 1. The lowest BCUT2D eigenvalue weighted by Crippen LogP contribution is -2.41. The Morgan fingerprint density at radius 2 is 2.15 bits per heavy atom. The molecule has 1 aromatic carbocycles. The Morgan fingerprint density at radius 3 is 2.80 bits per heavy atom. The van der Waals surface area contributed by atoms with Crippen LogP contribution in [-0.2, 0) is 11.2 Å². The van der Waals surface area contributed by atoms with E-state index in [0.717, 1.165) is 51.0 Å². The second kappa shape index (κ2) is 7.96. The molecule has 1 unspecified atom stereocenters. The van der Waals surface area contributed by atoms with E-state index >= 15 is 0 Å². The topological polar surface area (TPSA) is 21.3 Å². The molecule has 0 aromatic heterocycles. The van der Waals surface area contributed by atoms with Crippen LogP contribution in [0.2, 0.25) is 5.02 Å². The molecule has 2 nitrogen and oxygen atoms in total. The molecule has 4 heteroatoms. The summed E-state index contributed by atoms with van der Waals surface area (Å²) in [5, 5.41) is 4.15. The summed E-state index contributed by atoms with van der Waals surface area (Å²) < 4.78 is 18.6. The van der Waals surface area contributed by atoms with Crippen molar-refractivity contribution in [2.75, 3.05) is 19.8 Å². The van der Waals surface area contributed by atoms with Crippen LogP contribution in [-0.4, -0.2) is 25.8 Å². The third-order valence-corrected chi connectivity index (χ3v) is 4.30. The molecule has 0 saturated carbocycles. The lowest BCUT2D eigenvalue weighted by Gasteiger charge is -2.31. The Kier molecular flexibility index (Phi) is 6.27. The summed E-state index contributed by atoms with van der Waals surface area (Å²) in [4.78, 5) is 0. The standard InChI is InChI=1S/C16H23ClFNO/c1-2-7-19-16(12-5-8-20-9-6-12)10-13-3-4-14(18)11-15(13)17/h3-4,11-12,16,19H,2,5-10H2,1H3. The molecule has 1 atom stereocenters. The highest BCUT2D eigenvalue weighted by atomic mass is 35.5. The van der Waals surface area contributed by atoms with Gasteiger partial charge in [-0.1, -0.05) is 24.6 Å². The molecule has 0 radical (unpaired) electrons. The number of rotatable bonds is 6. The van der Waals surface area contributed by atoms with Gasteiger partial charge in [-0.25, -0.2) is 4.39 Å². The van der Waals surface area contributed by atoms with Gasteiger partial charge in [0.1, 0.15) is 5.82 Å². The zero-order chi connectivity index (χ0) is 14.4. The van der Waals surface area contributed by atoms with Gasteiger partial charge in [0.25, 0.3) is 0 Å². The van der Waals surface area contributed by atoms with E-state index in [-0.39, 0.29) is 5.82 Å². The Labute approximate surface area is 125 Å². The third-order valence-electron chi connectivity index (χ3n) is 3.95. The van der Waals surface area contributed by atoms with Crippen molar-refractivity contribution in [1.29, 1.82) is 0 Å². The normalized spacial score (nSPS) is 18.1. The second-order valence-electron chi connectivity index (χ2n) is 5.45. The molecule has 112 valence electrons. The maximum atomic E-state index is 13.1. The Bertz CT molecular complexity index is 421. The summed E-state index contributed by atoms with van der Waals surface area (Å²) in [6, 6.07) is 5.08. The van der Waals surface area contributed by atoms with E-state index in [1.807, 2.05) is 0 Å². The summed E-state index contributed by atoms with van der Waals surface area (Å²) in [5.74, 6) is 0.333. The fourth-order valence-electron chi connectivity index (χ4n) is 2.78. The molecule has 1 N–H and O–H groups in total. The third kappa shape index (κ3) is 4.44. The SMILES string of the molecule is CCCNC(Cc1ccc(F)cc1Cl)C1CCOCC1. The number of hydrogen-bond acceptors (Lipinski definition) is 2. The summed E-state index contributed by atoms with van der Waals surface area (Å²) in [6.45, 7) is 4.85. The van der Waals surface area contributed by atoms with Gasteiger partial charge in [-0.15, -0.1) is 0 Å². The van der Waals surface area contributed by atoms with Crippen LogP contribution in [0.5, 0.6) is 0 Å². The molecule has 1 fully saturated rings. The molecular weight excluding hydrogens is 277 g/mol. The summed E-state index contributed by atoms with van der Waals surface area (Å²) >= 11 is 6.15. The Morgan fingerprint density at radius 1 is 1.40 bits per heavy atom. The second-order valence-corrected chi connectivity index (χ2v) is 5.86. The van der Waals surface area contributed by atoms with Crippen LogP contribution in [0.15, 0.2) is 18.2 Å². The van der Waals surface area contributed by atoms with Crippen molar-refractivity contribution in [3.05, 3.63) is 34.6 Å². The first-order valence-electron chi connectivity index (χ1n) is 7.45. The predicted octanol–water partition coefficient (Wildman–Crippen LogP) is 3.82. The average molecular weight is 300 g/mol. The minimum Gasteiger partial charge on any atom is -0.381 e. The molecule has 20 heavy (non-hydrogen) atoms. The van der Waals surface area contributed by atoms with Crippen molar-refractivity contribution in [3.63, 3.8) is 0 Å². The van der Waals surface area contributed by atoms with Crippen molar-refractivity contribution < 1.29 is 9.13 Å². The highest BCUT2D eigenvalue weighted by Gasteiger charge is 2.24. The molecule has 2 rings (SSSR count). The first-order chi connectivity index (χ1) is 9.70. The predicted molar refractivity (Wildman–Crippen MR) is 80.7 cm³/mol. The van der Waals surface area contributed by atoms with Gasteiger partial charge in [0.05, 0.1) is 0 Å². The van der Waals surface area contributed by atoms with Crippen molar-refractivity contribution in [2.24, 2.45) is 5.92 Å². The Balaban J connectivity index is 2.05. The van der Waals surface area contributed by atoms with Crippen LogP contribution >= 0.6 is 11.6 Å². The van der Waals surface area contributed by atoms with Gasteiger partial charge in [-0.05, 0) is 55.8 Å². The summed E-state index contributed by atoms with van der Waals surface area (Å²) in [5.41, 5.74) is 1.02. The van der Waals surface area contributed by atoms with E-state index < -0.39 is 0 Å². The highest BCUT2D eigenvalue weighted by molar-refractivity contribution is 6.31. The molecule has 0 amide bonds. The molecule has 1 heterocycles. The number of benzene rings is 1. The van der Waals surface area contributed by atoms with Crippen molar-refractivity contribution >= 4 is 11.6 Å². The fourth-order valence-corrected chi connectivity index (χ4v) is 3.02. The van der Waals surface area contributed by atoms with E-state index in [0.29, 0.717) is 17.0 Å². The molecule has 0 spiro atoms. The average Bonchev–Trinajstić information content (AvgIpc) is 2.46. The highest BCUT2D eigenvalue weighted by Crippen LogP contribution is 2.25. The van der Waals surface area contributed by atoms with Crippen LogP contribution in [0.4, 0.5) is 4.39 Å². The van der Waals surface area contributed by atoms with Gasteiger partial charge in [-0.3, -0.25) is 0 Å². The van der Waals surface area contributed by atoms with E-state index in [2.05, 4.69) is 12.2 Å². The van der Waals surface area contributed by atoms with Gasteiger partial charge in [0.15, 0.2) is 0 Å². The first-order valence-corrected chi connectivity index (χ1v) is 7.83. The van der Waals surface area contributed by atoms with Crippen molar-refractivity contribution in [2.45, 2.75) is 38.6 Å². The maximum absolute atomic E-state index is 13.1. The summed E-state index contributed by atoms with van der Waals surface area (Å²) in [7, 11) is 0. The van der Waals surface area contributed by atoms with Gasteiger partial charge in [0.2, 0.25) is 0 Å². The molecule has 1 saturated heterocycles. The largest absolute Gasteiger partial charge is 0.381 e. The maximum Gasteiger partial charge on any atom is 0.124 e.